The van der Waals surface area contributed by atoms with Gasteiger partial charge in [0.2, 0.25) is 11.8 Å². The first-order valence-corrected chi connectivity index (χ1v) is 13.3. The molecule has 3 amide bonds. The summed E-state index contributed by atoms with van der Waals surface area (Å²) in [5.74, 6) is -7.03. The Hall–Kier alpha value is -3.84. The van der Waals surface area contributed by atoms with Crippen molar-refractivity contribution in [1.29, 1.82) is 5.26 Å². The molecule has 39 heavy (non-hydrogen) atoms. The lowest BCUT2D eigenvalue weighted by molar-refractivity contribution is -0.201. The van der Waals surface area contributed by atoms with E-state index in [1.54, 1.807) is 48.5 Å². The highest BCUT2D eigenvalue weighted by Crippen LogP contribution is 2.53. The number of piperidine rings is 2. The van der Waals surface area contributed by atoms with Crippen molar-refractivity contribution in [2.24, 2.45) is 11.8 Å². The Morgan fingerprint density at radius 1 is 1.10 bits per heavy atom. The molecule has 0 radical (unpaired) electrons. The van der Waals surface area contributed by atoms with Crippen LogP contribution in [0.25, 0.3) is 11.1 Å². The minimum Gasteiger partial charge on any atom is -0.372 e. The van der Waals surface area contributed by atoms with E-state index in [2.05, 4.69) is 10.6 Å². The molecule has 2 aliphatic carbocycles. The zero-order valence-corrected chi connectivity index (χ0v) is 21.1. The zero-order chi connectivity index (χ0) is 27.5. The number of aliphatic hydroxyl groups is 1. The van der Waals surface area contributed by atoms with E-state index < -0.39 is 59.7 Å². The van der Waals surface area contributed by atoms with Crippen LogP contribution in [0.15, 0.2) is 48.5 Å². The number of nitriles is 1. The Balaban J connectivity index is 1.36. The van der Waals surface area contributed by atoms with Gasteiger partial charge in [-0.1, -0.05) is 48.5 Å². The first-order chi connectivity index (χ1) is 18.7. The topological polar surface area (TPSA) is 123 Å². The summed E-state index contributed by atoms with van der Waals surface area (Å²) in [5, 5.41) is 27.0. The van der Waals surface area contributed by atoms with Crippen molar-refractivity contribution in [1.82, 2.24) is 15.5 Å². The summed E-state index contributed by atoms with van der Waals surface area (Å²) in [5.41, 5.74) is -0.153. The second-order valence-electron chi connectivity index (χ2n) is 11.0. The van der Waals surface area contributed by atoms with Crippen molar-refractivity contribution in [2.45, 2.75) is 61.8 Å². The maximum absolute atomic E-state index is 15.2. The molecule has 5 aliphatic rings. The minimum absolute atomic E-state index is 0.0351. The summed E-state index contributed by atoms with van der Waals surface area (Å²) >= 11 is 0. The first kappa shape index (κ1) is 25.4. The second kappa shape index (κ2) is 9.12. The molecule has 1 saturated carbocycles. The van der Waals surface area contributed by atoms with Gasteiger partial charge in [0.05, 0.1) is 12.0 Å². The van der Waals surface area contributed by atoms with Gasteiger partial charge in [-0.3, -0.25) is 14.4 Å². The molecule has 3 aliphatic heterocycles. The fraction of sp³-hybridized carbons (Fsp3) is 0.448. The van der Waals surface area contributed by atoms with Gasteiger partial charge in [-0.05, 0) is 36.8 Å². The average Bonchev–Trinajstić information content (AvgIpc) is 3.46. The fourth-order valence-corrected chi connectivity index (χ4v) is 6.98. The number of rotatable bonds is 5. The maximum Gasteiger partial charge on any atom is 0.264 e. The van der Waals surface area contributed by atoms with Gasteiger partial charge in [0, 0.05) is 36.1 Å². The van der Waals surface area contributed by atoms with E-state index in [1.807, 2.05) is 6.07 Å². The number of amides is 3. The number of nitrogens with one attached hydrogen (secondary N) is 2. The number of benzene rings is 2. The Labute approximate surface area is 224 Å². The first-order valence-electron chi connectivity index (χ1n) is 13.3. The van der Waals surface area contributed by atoms with E-state index >= 15 is 8.78 Å². The van der Waals surface area contributed by atoms with Gasteiger partial charge in [-0.2, -0.15) is 5.26 Å². The second-order valence-corrected chi connectivity index (χ2v) is 11.0. The number of hydrogen-bond acceptors (Lipinski definition) is 5. The van der Waals surface area contributed by atoms with E-state index in [4.69, 9.17) is 0 Å². The summed E-state index contributed by atoms with van der Waals surface area (Å²) in [6.07, 6.45) is 0.266. The molecule has 10 heteroatoms. The molecule has 4 fully saturated rings. The smallest absolute Gasteiger partial charge is 0.264 e. The van der Waals surface area contributed by atoms with Crippen molar-refractivity contribution < 1.29 is 28.3 Å². The molecule has 2 aromatic rings. The molecule has 2 bridgehead atoms. The molecular weight excluding hydrogens is 506 g/mol. The highest BCUT2D eigenvalue weighted by atomic mass is 19.3. The van der Waals surface area contributed by atoms with E-state index in [0.717, 1.165) is 4.90 Å². The van der Waals surface area contributed by atoms with Crippen LogP contribution in [-0.4, -0.2) is 58.3 Å². The molecule has 7 rings (SSSR count). The molecule has 5 atom stereocenters. The van der Waals surface area contributed by atoms with Gasteiger partial charge in [0.25, 0.3) is 11.8 Å². The van der Waals surface area contributed by atoms with E-state index in [0.29, 0.717) is 35.2 Å². The Morgan fingerprint density at radius 2 is 1.74 bits per heavy atom. The lowest BCUT2D eigenvalue weighted by atomic mass is 9.70. The summed E-state index contributed by atoms with van der Waals surface area (Å²) in [7, 11) is 0. The summed E-state index contributed by atoms with van der Waals surface area (Å²) in [6.45, 7) is 0.470. The summed E-state index contributed by atoms with van der Waals surface area (Å²) in [4.78, 5) is 41.2. The van der Waals surface area contributed by atoms with Crippen LogP contribution in [0.1, 0.15) is 43.2 Å². The van der Waals surface area contributed by atoms with Crippen molar-refractivity contribution in [3.8, 4) is 17.2 Å². The predicted molar refractivity (Wildman–Crippen MR) is 135 cm³/mol. The third-order valence-electron chi connectivity index (χ3n) is 8.83. The third-order valence-corrected chi connectivity index (χ3v) is 8.83. The van der Waals surface area contributed by atoms with Crippen molar-refractivity contribution in [3.05, 3.63) is 59.7 Å². The van der Waals surface area contributed by atoms with Gasteiger partial charge in [-0.15, -0.1) is 0 Å². The predicted octanol–water partition coefficient (Wildman–Crippen LogP) is 2.45. The molecule has 3 saturated heterocycles. The standard InChI is InChI=1S/C29H28F2N4O4/c30-28(31)14-18-9-10-23(28)24(26(37)34-17(15-32)13-16-11-12-33-25(16)36)35(18)27(38)29(39)21-7-3-1-5-19(21)20-6-2-4-8-22(20)29/h1-8,16-18,23-24,39H,9-14H2,(H,33,36)(H,34,37)/t16-,17+,18-,23-,24+/m0/s1. The number of carbonyl (C=O) groups excluding carboxylic acids is 3. The largest absolute Gasteiger partial charge is 0.372 e. The average molecular weight is 535 g/mol. The molecule has 3 heterocycles. The molecule has 0 unspecified atom stereocenters. The number of nitrogens with zero attached hydrogens (tertiary/aromatic N) is 2. The number of hydrogen-bond donors (Lipinski definition) is 3. The lowest BCUT2D eigenvalue weighted by Gasteiger charge is -2.54. The van der Waals surface area contributed by atoms with E-state index in [-0.39, 0.29) is 25.2 Å². The van der Waals surface area contributed by atoms with Crippen LogP contribution < -0.4 is 10.6 Å². The van der Waals surface area contributed by atoms with Gasteiger partial charge in [0.15, 0.2) is 5.60 Å². The molecule has 202 valence electrons. The molecular formula is C29H28F2N4O4. The van der Waals surface area contributed by atoms with Crippen LogP contribution in [0.2, 0.25) is 0 Å². The van der Waals surface area contributed by atoms with Crippen molar-refractivity contribution in [2.75, 3.05) is 6.54 Å². The van der Waals surface area contributed by atoms with Gasteiger partial charge < -0.3 is 20.6 Å². The Bertz CT molecular complexity index is 1360. The van der Waals surface area contributed by atoms with Crippen LogP contribution in [0.5, 0.6) is 0 Å². The summed E-state index contributed by atoms with van der Waals surface area (Å²) in [6, 6.07) is 12.2. The van der Waals surface area contributed by atoms with Crippen molar-refractivity contribution >= 4 is 17.7 Å². The monoisotopic (exact) mass is 534 g/mol. The minimum atomic E-state index is -3.19. The number of alkyl halides is 2. The molecule has 3 N–H and O–H groups in total. The molecule has 0 aromatic heterocycles. The number of carbonyl (C=O) groups is 3. The van der Waals surface area contributed by atoms with Crippen LogP contribution in [0.3, 0.4) is 0 Å². The van der Waals surface area contributed by atoms with Crippen LogP contribution in [0, 0.1) is 23.2 Å². The lowest BCUT2D eigenvalue weighted by Crippen LogP contribution is -2.70. The van der Waals surface area contributed by atoms with Crippen LogP contribution in [0.4, 0.5) is 8.78 Å². The van der Waals surface area contributed by atoms with E-state index in [1.165, 1.54) is 0 Å². The Morgan fingerprint density at radius 3 is 2.31 bits per heavy atom. The third kappa shape index (κ3) is 3.82. The van der Waals surface area contributed by atoms with Crippen molar-refractivity contribution in [3.63, 3.8) is 0 Å². The van der Waals surface area contributed by atoms with Crippen LogP contribution >= 0.6 is 0 Å². The van der Waals surface area contributed by atoms with Gasteiger partial charge in [0.1, 0.15) is 12.1 Å². The molecule has 2 aromatic carbocycles. The quantitative estimate of drug-likeness (QED) is 0.544. The van der Waals surface area contributed by atoms with Gasteiger partial charge in [-0.25, -0.2) is 8.78 Å². The van der Waals surface area contributed by atoms with Crippen LogP contribution in [-0.2, 0) is 20.0 Å². The highest BCUT2D eigenvalue weighted by Gasteiger charge is 2.63. The fourth-order valence-electron chi connectivity index (χ4n) is 6.98. The Kier molecular flexibility index (Phi) is 5.95. The summed E-state index contributed by atoms with van der Waals surface area (Å²) < 4.78 is 30.4. The maximum atomic E-state index is 15.2. The molecule has 8 nitrogen and oxygen atoms in total. The zero-order valence-electron chi connectivity index (χ0n) is 21.1. The highest BCUT2D eigenvalue weighted by molar-refractivity contribution is 6.01. The molecule has 0 spiro atoms. The van der Waals surface area contributed by atoms with Gasteiger partial charge >= 0.3 is 0 Å². The number of fused-ring (bicyclic) bond motifs is 6. The number of halogens is 2. The SMILES string of the molecule is N#C[C@@H](C[C@@H]1CCNC1=O)NC(=O)[C@H]1[C@@H]2CC[C@@H](CC2(F)F)N1C(=O)C1(O)c2ccccc2-c2ccccc21. The normalized spacial score (nSPS) is 28.2. The van der Waals surface area contributed by atoms with E-state index in [9.17, 15) is 24.8 Å².